The SMILES string of the molecule is Cc1[nH]c2ccccc2c1CCNC(=O)[C@H]1CC=CC[C@H]1C(=O)O. The van der Waals surface area contributed by atoms with Gasteiger partial charge in [-0.2, -0.15) is 0 Å². The van der Waals surface area contributed by atoms with Gasteiger partial charge in [-0.25, -0.2) is 0 Å². The molecule has 126 valence electrons. The van der Waals surface area contributed by atoms with Crippen LogP contribution in [0, 0.1) is 18.8 Å². The van der Waals surface area contributed by atoms with Crippen molar-refractivity contribution in [1.29, 1.82) is 0 Å². The minimum absolute atomic E-state index is 0.163. The topological polar surface area (TPSA) is 82.2 Å². The quantitative estimate of drug-likeness (QED) is 0.739. The third-order valence-electron chi connectivity index (χ3n) is 4.79. The molecular weight excluding hydrogens is 304 g/mol. The van der Waals surface area contributed by atoms with Gasteiger partial charge in [-0.05, 0) is 37.8 Å². The number of rotatable bonds is 5. The Kier molecular flexibility index (Phi) is 4.69. The molecule has 3 N–H and O–H groups in total. The third kappa shape index (κ3) is 3.20. The number of amides is 1. The molecule has 1 aliphatic rings. The lowest BCUT2D eigenvalue weighted by Gasteiger charge is -2.24. The number of allylic oxidation sites excluding steroid dienone is 2. The van der Waals surface area contributed by atoms with Crippen molar-refractivity contribution in [2.45, 2.75) is 26.2 Å². The van der Waals surface area contributed by atoms with Crippen LogP contribution >= 0.6 is 0 Å². The second kappa shape index (κ2) is 6.91. The van der Waals surface area contributed by atoms with E-state index >= 15 is 0 Å². The first-order valence-corrected chi connectivity index (χ1v) is 8.29. The molecule has 1 amide bonds. The lowest BCUT2D eigenvalue weighted by molar-refractivity contribution is -0.147. The first-order chi connectivity index (χ1) is 11.6. The molecule has 5 nitrogen and oxygen atoms in total. The number of aromatic nitrogens is 1. The van der Waals surface area contributed by atoms with Crippen LogP contribution in [0.15, 0.2) is 36.4 Å². The highest BCUT2D eigenvalue weighted by molar-refractivity contribution is 5.86. The van der Waals surface area contributed by atoms with Gasteiger partial charge in [0.15, 0.2) is 0 Å². The van der Waals surface area contributed by atoms with Gasteiger partial charge in [-0.3, -0.25) is 9.59 Å². The fraction of sp³-hybridized carbons (Fsp3) is 0.368. The van der Waals surface area contributed by atoms with Crippen LogP contribution in [0.2, 0.25) is 0 Å². The molecule has 0 saturated heterocycles. The zero-order valence-corrected chi connectivity index (χ0v) is 13.7. The molecule has 0 radical (unpaired) electrons. The maximum Gasteiger partial charge on any atom is 0.307 e. The summed E-state index contributed by atoms with van der Waals surface area (Å²) < 4.78 is 0. The minimum Gasteiger partial charge on any atom is -0.481 e. The van der Waals surface area contributed by atoms with E-state index in [4.69, 9.17) is 0 Å². The molecule has 1 aliphatic carbocycles. The first-order valence-electron chi connectivity index (χ1n) is 8.29. The summed E-state index contributed by atoms with van der Waals surface area (Å²) in [5, 5.41) is 13.4. The monoisotopic (exact) mass is 326 g/mol. The summed E-state index contributed by atoms with van der Waals surface area (Å²) in [5.41, 5.74) is 3.40. The number of carbonyl (C=O) groups is 2. The molecule has 0 aliphatic heterocycles. The van der Waals surface area contributed by atoms with E-state index in [9.17, 15) is 14.7 Å². The van der Waals surface area contributed by atoms with Gasteiger partial charge in [-0.1, -0.05) is 30.4 Å². The summed E-state index contributed by atoms with van der Waals surface area (Å²) in [6.07, 6.45) is 5.39. The van der Waals surface area contributed by atoms with Gasteiger partial charge >= 0.3 is 5.97 Å². The Morgan fingerprint density at radius 1 is 1.21 bits per heavy atom. The van der Waals surface area contributed by atoms with Crippen molar-refractivity contribution >= 4 is 22.8 Å². The number of aliphatic carboxylic acids is 1. The van der Waals surface area contributed by atoms with Crippen molar-refractivity contribution in [2.24, 2.45) is 11.8 Å². The van der Waals surface area contributed by atoms with Gasteiger partial charge in [0.2, 0.25) is 5.91 Å². The van der Waals surface area contributed by atoms with Crippen LogP contribution in [0.25, 0.3) is 10.9 Å². The van der Waals surface area contributed by atoms with Crippen LogP contribution in [0.4, 0.5) is 0 Å². The summed E-state index contributed by atoms with van der Waals surface area (Å²) in [7, 11) is 0. The fourth-order valence-corrected chi connectivity index (χ4v) is 3.48. The molecule has 5 heteroatoms. The molecular formula is C19H22N2O3. The smallest absolute Gasteiger partial charge is 0.307 e. The Balaban J connectivity index is 1.63. The molecule has 0 bridgehead atoms. The standard InChI is InChI=1S/C19H22N2O3/c1-12-13(14-6-4-5-9-17(14)21-12)10-11-20-18(22)15-7-2-3-8-16(15)19(23)24/h2-6,9,15-16,21H,7-8,10-11H2,1H3,(H,20,22)(H,23,24)/t15-,16+/m0/s1. The average Bonchev–Trinajstić information content (AvgIpc) is 2.90. The summed E-state index contributed by atoms with van der Waals surface area (Å²) in [5.74, 6) is -2.15. The number of fused-ring (bicyclic) bond motifs is 1. The van der Waals surface area contributed by atoms with Crippen molar-refractivity contribution in [3.63, 3.8) is 0 Å². The second-order valence-electron chi connectivity index (χ2n) is 6.31. The lowest BCUT2D eigenvalue weighted by Crippen LogP contribution is -2.39. The predicted octanol–water partition coefficient (Wildman–Crippen LogP) is 2.80. The van der Waals surface area contributed by atoms with Crippen molar-refractivity contribution in [3.8, 4) is 0 Å². The summed E-state index contributed by atoms with van der Waals surface area (Å²) >= 11 is 0. The number of benzene rings is 1. The predicted molar refractivity (Wildman–Crippen MR) is 92.7 cm³/mol. The van der Waals surface area contributed by atoms with Crippen molar-refractivity contribution in [1.82, 2.24) is 10.3 Å². The van der Waals surface area contributed by atoms with Crippen LogP contribution in [0.1, 0.15) is 24.1 Å². The molecule has 2 aromatic rings. The van der Waals surface area contributed by atoms with E-state index in [0.717, 1.165) is 17.6 Å². The number of nitrogens with one attached hydrogen (secondary N) is 2. The van der Waals surface area contributed by atoms with E-state index in [1.54, 1.807) is 0 Å². The number of carboxylic acids is 1. The van der Waals surface area contributed by atoms with Gasteiger partial charge in [0.05, 0.1) is 11.8 Å². The number of aromatic amines is 1. The zero-order valence-electron chi connectivity index (χ0n) is 13.7. The van der Waals surface area contributed by atoms with E-state index in [0.29, 0.717) is 19.4 Å². The van der Waals surface area contributed by atoms with Gasteiger partial charge in [0, 0.05) is 23.1 Å². The Morgan fingerprint density at radius 2 is 1.92 bits per heavy atom. The second-order valence-corrected chi connectivity index (χ2v) is 6.31. The maximum absolute atomic E-state index is 12.4. The summed E-state index contributed by atoms with van der Waals surface area (Å²) in [6.45, 7) is 2.54. The molecule has 1 aromatic carbocycles. The molecule has 3 rings (SSSR count). The van der Waals surface area contributed by atoms with E-state index in [-0.39, 0.29) is 5.91 Å². The molecule has 1 heterocycles. The lowest BCUT2D eigenvalue weighted by atomic mass is 9.82. The van der Waals surface area contributed by atoms with Crippen LogP contribution in [-0.2, 0) is 16.0 Å². The molecule has 0 spiro atoms. The van der Waals surface area contributed by atoms with Crippen LogP contribution in [-0.4, -0.2) is 28.5 Å². The molecule has 0 saturated carbocycles. The number of carbonyl (C=O) groups excluding carboxylic acids is 1. The van der Waals surface area contributed by atoms with Crippen molar-refractivity contribution < 1.29 is 14.7 Å². The highest BCUT2D eigenvalue weighted by Gasteiger charge is 2.33. The van der Waals surface area contributed by atoms with E-state index in [1.807, 2.05) is 37.3 Å². The largest absolute Gasteiger partial charge is 0.481 e. The summed E-state index contributed by atoms with van der Waals surface area (Å²) in [6, 6.07) is 8.11. The third-order valence-corrected chi connectivity index (χ3v) is 4.79. The molecule has 2 atom stereocenters. The van der Waals surface area contributed by atoms with Gasteiger partial charge in [-0.15, -0.1) is 0 Å². The zero-order chi connectivity index (χ0) is 17.1. The molecule has 24 heavy (non-hydrogen) atoms. The molecule has 0 fully saturated rings. The van der Waals surface area contributed by atoms with Crippen LogP contribution in [0.3, 0.4) is 0 Å². The minimum atomic E-state index is -0.896. The highest BCUT2D eigenvalue weighted by Crippen LogP contribution is 2.26. The Bertz CT molecular complexity index is 791. The van der Waals surface area contributed by atoms with Gasteiger partial charge < -0.3 is 15.4 Å². The molecule has 0 unspecified atom stereocenters. The Morgan fingerprint density at radius 3 is 2.67 bits per heavy atom. The van der Waals surface area contributed by atoms with Crippen LogP contribution < -0.4 is 5.32 Å². The van der Waals surface area contributed by atoms with E-state index in [2.05, 4.69) is 16.4 Å². The van der Waals surface area contributed by atoms with E-state index in [1.165, 1.54) is 10.9 Å². The Labute approximate surface area is 140 Å². The average molecular weight is 326 g/mol. The normalized spacial score (nSPS) is 20.2. The van der Waals surface area contributed by atoms with Crippen molar-refractivity contribution in [3.05, 3.63) is 47.7 Å². The highest BCUT2D eigenvalue weighted by atomic mass is 16.4. The fourth-order valence-electron chi connectivity index (χ4n) is 3.48. The van der Waals surface area contributed by atoms with Gasteiger partial charge in [0.1, 0.15) is 0 Å². The number of hydrogen-bond donors (Lipinski definition) is 3. The number of H-pyrrole nitrogens is 1. The number of hydrogen-bond acceptors (Lipinski definition) is 2. The van der Waals surface area contributed by atoms with Crippen LogP contribution in [0.5, 0.6) is 0 Å². The maximum atomic E-state index is 12.4. The van der Waals surface area contributed by atoms with E-state index < -0.39 is 17.8 Å². The van der Waals surface area contributed by atoms with Gasteiger partial charge in [0.25, 0.3) is 0 Å². The Hall–Kier alpha value is -2.56. The molecule has 1 aromatic heterocycles. The first kappa shape index (κ1) is 16.3. The van der Waals surface area contributed by atoms with Crippen molar-refractivity contribution in [2.75, 3.05) is 6.54 Å². The number of carboxylic acid groups (broad SMARTS) is 1. The summed E-state index contributed by atoms with van der Waals surface area (Å²) in [4.78, 5) is 27.0. The number of aryl methyl sites for hydroxylation is 1. The number of para-hydroxylation sites is 1.